The number of para-hydroxylation sites is 1. The Morgan fingerprint density at radius 1 is 1.05 bits per heavy atom. The lowest BCUT2D eigenvalue weighted by molar-refractivity contribution is 0.410. The van der Waals surface area contributed by atoms with E-state index in [0.29, 0.717) is 0 Å². The fourth-order valence-corrected chi connectivity index (χ4v) is 2.63. The molecule has 3 nitrogen and oxygen atoms in total. The first kappa shape index (κ1) is 13.9. The highest BCUT2D eigenvalue weighted by Gasteiger charge is 2.10. The molecule has 0 bridgehead atoms. The topological polar surface area (TPSA) is 37.9 Å². The summed E-state index contributed by atoms with van der Waals surface area (Å²) in [7, 11) is 1.70. The summed E-state index contributed by atoms with van der Waals surface area (Å²) >= 11 is 3.46. The van der Waals surface area contributed by atoms with Crippen molar-refractivity contribution in [3.8, 4) is 17.0 Å². The molecule has 0 aliphatic carbocycles. The number of aromatic amines is 1. The van der Waals surface area contributed by atoms with Crippen molar-refractivity contribution in [1.29, 1.82) is 0 Å². The van der Waals surface area contributed by atoms with Crippen LogP contribution in [0.25, 0.3) is 11.3 Å². The maximum atomic E-state index is 5.42. The molecule has 1 heterocycles. The molecule has 0 radical (unpaired) electrons. The van der Waals surface area contributed by atoms with Crippen molar-refractivity contribution in [2.75, 3.05) is 7.11 Å². The second-order valence-corrected chi connectivity index (χ2v) is 5.68. The highest BCUT2D eigenvalue weighted by Crippen LogP contribution is 2.27. The zero-order valence-electron chi connectivity index (χ0n) is 11.6. The highest BCUT2D eigenvalue weighted by molar-refractivity contribution is 9.10. The van der Waals surface area contributed by atoms with Crippen molar-refractivity contribution in [3.05, 3.63) is 70.3 Å². The average Bonchev–Trinajstić information content (AvgIpc) is 2.97. The van der Waals surface area contributed by atoms with E-state index in [1.54, 1.807) is 7.11 Å². The van der Waals surface area contributed by atoms with Crippen LogP contribution >= 0.6 is 15.9 Å². The van der Waals surface area contributed by atoms with E-state index < -0.39 is 0 Å². The molecular weight excluding hydrogens is 328 g/mol. The van der Waals surface area contributed by atoms with Gasteiger partial charge >= 0.3 is 0 Å². The maximum Gasteiger partial charge on any atom is 0.122 e. The van der Waals surface area contributed by atoms with Crippen molar-refractivity contribution >= 4 is 15.9 Å². The van der Waals surface area contributed by atoms with E-state index in [9.17, 15) is 0 Å². The smallest absolute Gasteiger partial charge is 0.122 e. The fourth-order valence-electron chi connectivity index (χ4n) is 2.37. The van der Waals surface area contributed by atoms with Gasteiger partial charge in [-0.3, -0.25) is 5.10 Å². The van der Waals surface area contributed by atoms with Gasteiger partial charge in [-0.2, -0.15) is 5.10 Å². The van der Waals surface area contributed by atoms with Crippen LogP contribution in [0.3, 0.4) is 0 Å². The first-order chi connectivity index (χ1) is 10.3. The van der Waals surface area contributed by atoms with Gasteiger partial charge in [-0.15, -0.1) is 0 Å². The van der Waals surface area contributed by atoms with Crippen molar-refractivity contribution < 1.29 is 4.74 Å². The molecule has 0 saturated heterocycles. The third kappa shape index (κ3) is 3.00. The Bertz CT molecular complexity index is 735. The predicted molar refractivity (Wildman–Crippen MR) is 87.5 cm³/mol. The number of ether oxygens (including phenoxy) is 1. The molecule has 0 amide bonds. The van der Waals surface area contributed by atoms with E-state index in [4.69, 9.17) is 4.74 Å². The largest absolute Gasteiger partial charge is 0.496 e. The maximum absolute atomic E-state index is 5.42. The molecule has 3 rings (SSSR count). The van der Waals surface area contributed by atoms with Gasteiger partial charge in [0.2, 0.25) is 0 Å². The molecule has 0 saturated carbocycles. The van der Waals surface area contributed by atoms with E-state index in [1.165, 1.54) is 0 Å². The normalized spacial score (nSPS) is 10.6. The molecule has 106 valence electrons. The summed E-state index contributed by atoms with van der Waals surface area (Å²) in [5, 5.41) is 7.29. The van der Waals surface area contributed by atoms with Gasteiger partial charge < -0.3 is 4.74 Å². The second-order valence-electron chi connectivity index (χ2n) is 4.77. The first-order valence-electron chi connectivity index (χ1n) is 6.68. The Labute approximate surface area is 132 Å². The average molecular weight is 343 g/mol. The molecule has 0 aliphatic heterocycles. The monoisotopic (exact) mass is 342 g/mol. The minimum Gasteiger partial charge on any atom is -0.496 e. The number of nitrogens with zero attached hydrogens (tertiary/aromatic N) is 1. The summed E-state index contributed by atoms with van der Waals surface area (Å²) in [6.45, 7) is 0. The summed E-state index contributed by atoms with van der Waals surface area (Å²) in [6, 6.07) is 16.3. The van der Waals surface area contributed by atoms with E-state index >= 15 is 0 Å². The quantitative estimate of drug-likeness (QED) is 0.761. The van der Waals surface area contributed by atoms with Gasteiger partial charge in [0, 0.05) is 16.5 Å². The fraction of sp³-hybridized carbons (Fsp3) is 0.118. The van der Waals surface area contributed by atoms with Gasteiger partial charge in [0.25, 0.3) is 0 Å². The number of methoxy groups -OCH3 is 1. The van der Waals surface area contributed by atoms with Crippen LogP contribution in [0.1, 0.15) is 11.1 Å². The summed E-state index contributed by atoms with van der Waals surface area (Å²) in [5.74, 6) is 0.903. The molecule has 0 atom stereocenters. The molecule has 0 fully saturated rings. The minimum atomic E-state index is 0.784. The van der Waals surface area contributed by atoms with Gasteiger partial charge in [0.1, 0.15) is 5.75 Å². The van der Waals surface area contributed by atoms with Gasteiger partial charge in [-0.25, -0.2) is 0 Å². The molecule has 0 aliphatic rings. The lowest BCUT2D eigenvalue weighted by Gasteiger charge is -2.08. The van der Waals surface area contributed by atoms with Crippen LogP contribution in [0.2, 0.25) is 0 Å². The molecule has 0 unspecified atom stereocenters. The van der Waals surface area contributed by atoms with Crippen LogP contribution in [0, 0.1) is 0 Å². The minimum absolute atomic E-state index is 0.784. The molecule has 3 aromatic rings. The second kappa shape index (κ2) is 6.14. The molecule has 4 heteroatoms. The predicted octanol–water partition coefficient (Wildman–Crippen LogP) is 4.44. The lowest BCUT2D eigenvalue weighted by Crippen LogP contribution is -1.94. The molecule has 1 N–H and O–H groups in total. The Morgan fingerprint density at radius 2 is 1.81 bits per heavy atom. The summed E-state index contributed by atoms with van der Waals surface area (Å²) in [4.78, 5) is 0. The zero-order valence-corrected chi connectivity index (χ0v) is 13.2. The first-order valence-corrected chi connectivity index (χ1v) is 7.47. The number of H-pyrrole nitrogens is 1. The van der Waals surface area contributed by atoms with Gasteiger partial charge in [-0.05, 0) is 29.3 Å². The van der Waals surface area contributed by atoms with Crippen LogP contribution in [-0.4, -0.2) is 17.3 Å². The Morgan fingerprint density at radius 3 is 2.57 bits per heavy atom. The Balaban J connectivity index is 1.94. The number of rotatable bonds is 4. The van der Waals surface area contributed by atoms with Gasteiger partial charge in [-0.1, -0.05) is 46.3 Å². The third-order valence-electron chi connectivity index (χ3n) is 3.42. The number of aromatic nitrogens is 2. The molecule has 1 aromatic heterocycles. The van der Waals surface area contributed by atoms with E-state index in [-0.39, 0.29) is 0 Å². The van der Waals surface area contributed by atoms with E-state index in [2.05, 4.69) is 44.3 Å². The van der Waals surface area contributed by atoms with Gasteiger partial charge in [0.15, 0.2) is 0 Å². The van der Waals surface area contributed by atoms with Crippen LogP contribution in [0.4, 0.5) is 0 Å². The molecule has 2 aromatic carbocycles. The Kier molecular flexibility index (Phi) is 4.06. The van der Waals surface area contributed by atoms with Crippen LogP contribution in [-0.2, 0) is 6.42 Å². The number of hydrogen-bond donors (Lipinski definition) is 1. The van der Waals surface area contributed by atoms with E-state index in [1.807, 2.05) is 36.5 Å². The summed E-state index contributed by atoms with van der Waals surface area (Å²) < 4.78 is 6.49. The standard InChI is InChI=1S/C17H15BrN2O/c1-21-16-5-3-2-4-13(16)10-14-11-19-20-17(14)12-6-8-15(18)9-7-12/h2-9,11H,10H2,1H3,(H,19,20). The SMILES string of the molecule is COc1ccccc1Cc1cn[nH]c1-c1ccc(Br)cc1. The number of halogens is 1. The lowest BCUT2D eigenvalue weighted by atomic mass is 10.0. The van der Waals surface area contributed by atoms with Crippen LogP contribution < -0.4 is 4.74 Å². The highest BCUT2D eigenvalue weighted by atomic mass is 79.9. The number of benzene rings is 2. The zero-order chi connectivity index (χ0) is 14.7. The van der Waals surface area contributed by atoms with Crippen molar-refractivity contribution in [1.82, 2.24) is 10.2 Å². The Hall–Kier alpha value is -2.07. The molecule has 21 heavy (non-hydrogen) atoms. The molecule has 0 spiro atoms. The van der Waals surface area contributed by atoms with Gasteiger partial charge in [0.05, 0.1) is 19.0 Å². The van der Waals surface area contributed by atoms with Crippen molar-refractivity contribution in [2.24, 2.45) is 0 Å². The number of nitrogens with one attached hydrogen (secondary N) is 1. The third-order valence-corrected chi connectivity index (χ3v) is 3.95. The summed E-state index contributed by atoms with van der Waals surface area (Å²) in [5.41, 5.74) is 4.48. The van der Waals surface area contributed by atoms with E-state index in [0.717, 1.165) is 39.0 Å². The number of hydrogen-bond acceptors (Lipinski definition) is 2. The van der Waals surface area contributed by atoms with Crippen LogP contribution in [0.15, 0.2) is 59.2 Å². The van der Waals surface area contributed by atoms with Crippen molar-refractivity contribution in [3.63, 3.8) is 0 Å². The van der Waals surface area contributed by atoms with Crippen molar-refractivity contribution in [2.45, 2.75) is 6.42 Å². The van der Waals surface area contributed by atoms with Crippen LogP contribution in [0.5, 0.6) is 5.75 Å². The molecular formula is C17H15BrN2O. The summed E-state index contributed by atoms with van der Waals surface area (Å²) in [6.07, 6.45) is 2.66.